The summed E-state index contributed by atoms with van der Waals surface area (Å²) in [6, 6.07) is 5.46. The van der Waals surface area contributed by atoms with E-state index in [9.17, 15) is 10.1 Å². The van der Waals surface area contributed by atoms with Gasteiger partial charge in [0.2, 0.25) is 0 Å². The lowest BCUT2D eigenvalue weighted by Gasteiger charge is -2.37. The third kappa shape index (κ3) is 3.98. The summed E-state index contributed by atoms with van der Waals surface area (Å²) in [4.78, 5) is 13.2. The van der Waals surface area contributed by atoms with E-state index >= 15 is 0 Å². The van der Waals surface area contributed by atoms with Gasteiger partial charge in [-0.05, 0) is 62.3 Å². The Bertz CT molecular complexity index is 505. The Balaban J connectivity index is 2.17. The van der Waals surface area contributed by atoms with E-state index in [-0.39, 0.29) is 16.7 Å². The molecule has 0 spiro atoms. The van der Waals surface area contributed by atoms with Crippen molar-refractivity contribution in [1.29, 1.82) is 0 Å². The van der Waals surface area contributed by atoms with Crippen molar-refractivity contribution in [2.45, 2.75) is 32.7 Å². The van der Waals surface area contributed by atoms with E-state index in [1.54, 1.807) is 12.1 Å². The minimum Gasteiger partial charge on any atom is -0.296 e. The number of rotatable bonds is 5. The number of nitro benzene ring substituents is 1. The van der Waals surface area contributed by atoms with Crippen LogP contribution < -0.4 is 0 Å². The SMILES string of the molecule is CSC[C@H]1CCCN([C@H](C)c2cc([N+](=O)[O-])ccc2C)C1. The summed E-state index contributed by atoms with van der Waals surface area (Å²) in [5, 5.41) is 11.0. The molecule has 2 atom stereocenters. The molecule has 0 amide bonds. The second-order valence-electron chi connectivity index (χ2n) is 5.93. The lowest BCUT2D eigenvalue weighted by molar-refractivity contribution is -0.385. The monoisotopic (exact) mass is 308 g/mol. The first-order chi connectivity index (χ1) is 10.0. The maximum absolute atomic E-state index is 11.0. The predicted molar refractivity (Wildman–Crippen MR) is 88.9 cm³/mol. The molecule has 5 heteroatoms. The number of aryl methyl sites for hydroxylation is 1. The van der Waals surface area contributed by atoms with Crippen LogP contribution in [0.1, 0.15) is 36.9 Å². The first kappa shape index (κ1) is 16.3. The van der Waals surface area contributed by atoms with Crippen molar-refractivity contribution in [3.63, 3.8) is 0 Å². The van der Waals surface area contributed by atoms with Crippen LogP contribution >= 0.6 is 11.8 Å². The highest BCUT2D eigenvalue weighted by molar-refractivity contribution is 7.98. The molecule has 0 N–H and O–H groups in total. The van der Waals surface area contributed by atoms with Crippen molar-refractivity contribution in [2.75, 3.05) is 25.1 Å². The second-order valence-corrected chi connectivity index (χ2v) is 6.84. The molecule has 21 heavy (non-hydrogen) atoms. The van der Waals surface area contributed by atoms with Crippen LogP contribution in [0, 0.1) is 23.0 Å². The average Bonchev–Trinajstić information content (AvgIpc) is 2.47. The zero-order valence-electron chi connectivity index (χ0n) is 13.0. The Morgan fingerprint density at radius 1 is 1.52 bits per heavy atom. The third-order valence-electron chi connectivity index (χ3n) is 4.42. The predicted octanol–water partition coefficient (Wildman–Crippen LogP) is 4.04. The average molecular weight is 308 g/mol. The van der Waals surface area contributed by atoms with Crippen molar-refractivity contribution < 1.29 is 4.92 Å². The quantitative estimate of drug-likeness (QED) is 0.608. The van der Waals surface area contributed by atoms with E-state index < -0.39 is 0 Å². The molecule has 0 aliphatic carbocycles. The standard InChI is InChI=1S/C16H24N2O2S/c1-12-6-7-15(18(19)20)9-16(12)13(2)17-8-4-5-14(10-17)11-21-3/h6-7,9,13-14H,4-5,8,10-11H2,1-3H3/t13-,14+/m1/s1. The smallest absolute Gasteiger partial charge is 0.269 e. The molecule has 1 aromatic carbocycles. The Hall–Kier alpha value is -1.07. The maximum Gasteiger partial charge on any atom is 0.269 e. The van der Waals surface area contributed by atoms with E-state index in [2.05, 4.69) is 18.1 Å². The number of piperidine rings is 1. The molecule has 4 nitrogen and oxygen atoms in total. The number of thioether (sulfide) groups is 1. The van der Waals surface area contributed by atoms with Crippen molar-refractivity contribution in [3.05, 3.63) is 39.4 Å². The normalized spacial score (nSPS) is 21.2. The van der Waals surface area contributed by atoms with Crippen LogP contribution in [0.25, 0.3) is 0 Å². The van der Waals surface area contributed by atoms with Crippen molar-refractivity contribution in [2.24, 2.45) is 5.92 Å². The van der Waals surface area contributed by atoms with E-state index in [1.165, 1.54) is 18.6 Å². The zero-order valence-corrected chi connectivity index (χ0v) is 13.9. The zero-order chi connectivity index (χ0) is 15.4. The number of hydrogen-bond acceptors (Lipinski definition) is 4. The fraction of sp³-hybridized carbons (Fsp3) is 0.625. The van der Waals surface area contributed by atoms with Gasteiger partial charge < -0.3 is 0 Å². The van der Waals surface area contributed by atoms with Crippen LogP contribution in [0.2, 0.25) is 0 Å². The molecule has 116 valence electrons. The fourth-order valence-electron chi connectivity index (χ4n) is 3.21. The van der Waals surface area contributed by atoms with Crippen LogP contribution in [0.5, 0.6) is 0 Å². The maximum atomic E-state index is 11.0. The number of non-ortho nitro benzene ring substituents is 1. The molecular weight excluding hydrogens is 284 g/mol. The Morgan fingerprint density at radius 3 is 2.95 bits per heavy atom. The van der Waals surface area contributed by atoms with Gasteiger partial charge >= 0.3 is 0 Å². The Morgan fingerprint density at radius 2 is 2.29 bits per heavy atom. The number of benzene rings is 1. The van der Waals surface area contributed by atoms with Gasteiger partial charge in [0.1, 0.15) is 0 Å². The van der Waals surface area contributed by atoms with Crippen molar-refractivity contribution in [3.8, 4) is 0 Å². The summed E-state index contributed by atoms with van der Waals surface area (Å²) in [5.74, 6) is 1.95. The summed E-state index contributed by atoms with van der Waals surface area (Å²) in [7, 11) is 0. The molecule has 1 aromatic rings. The molecular formula is C16H24N2O2S. The van der Waals surface area contributed by atoms with E-state index in [1.807, 2.05) is 24.8 Å². The molecule has 1 aliphatic heterocycles. The van der Waals surface area contributed by atoms with Gasteiger partial charge in [-0.15, -0.1) is 0 Å². The Labute approximate surface area is 131 Å². The second kappa shape index (κ2) is 7.27. The van der Waals surface area contributed by atoms with Crippen molar-refractivity contribution >= 4 is 17.4 Å². The number of nitrogens with zero attached hydrogens (tertiary/aromatic N) is 2. The van der Waals surface area contributed by atoms with Crippen LogP contribution in [-0.2, 0) is 0 Å². The lowest BCUT2D eigenvalue weighted by Crippen LogP contribution is -2.38. The largest absolute Gasteiger partial charge is 0.296 e. The number of nitro groups is 1. The fourth-order valence-corrected chi connectivity index (χ4v) is 3.95. The summed E-state index contributed by atoms with van der Waals surface area (Å²) in [6.45, 7) is 6.41. The Kier molecular flexibility index (Phi) is 5.65. The molecule has 0 bridgehead atoms. The van der Waals surface area contributed by atoms with Crippen LogP contribution in [-0.4, -0.2) is 34.9 Å². The van der Waals surface area contributed by atoms with Crippen molar-refractivity contribution in [1.82, 2.24) is 4.90 Å². The van der Waals surface area contributed by atoms with Gasteiger partial charge in [-0.3, -0.25) is 15.0 Å². The molecule has 0 unspecified atom stereocenters. The molecule has 1 saturated heterocycles. The summed E-state index contributed by atoms with van der Waals surface area (Å²) >= 11 is 1.91. The molecule has 1 heterocycles. The summed E-state index contributed by atoms with van der Waals surface area (Å²) in [5.41, 5.74) is 2.43. The molecule has 1 fully saturated rings. The van der Waals surface area contributed by atoms with Crippen LogP contribution in [0.15, 0.2) is 18.2 Å². The third-order valence-corrected chi connectivity index (χ3v) is 5.23. The van der Waals surface area contributed by atoms with E-state index in [0.29, 0.717) is 0 Å². The minimum atomic E-state index is -0.303. The topological polar surface area (TPSA) is 46.4 Å². The molecule has 2 rings (SSSR count). The highest BCUT2D eigenvalue weighted by Gasteiger charge is 2.25. The van der Waals surface area contributed by atoms with Gasteiger partial charge in [0.25, 0.3) is 5.69 Å². The molecule has 0 saturated carbocycles. The van der Waals surface area contributed by atoms with Crippen LogP contribution in [0.4, 0.5) is 5.69 Å². The van der Waals surface area contributed by atoms with Gasteiger partial charge in [-0.1, -0.05) is 6.07 Å². The van der Waals surface area contributed by atoms with Gasteiger partial charge in [-0.2, -0.15) is 11.8 Å². The lowest BCUT2D eigenvalue weighted by atomic mass is 9.94. The van der Waals surface area contributed by atoms with E-state index in [0.717, 1.165) is 30.1 Å². The highest BCUT2D eigenvalue weighted by Crippen LogP contribution is 2.31. The molecule has 0 aromatic heterocycles. The first-order valence-electron chi connectivity index (χ1n) is 7.51. The van der Waals surface area contributed by atoms with E-state index in [4.69, 9.17) is 0 Å². The first-order valence-corrected chi connectivity index (χ1v) is 8.90. The summed E-state index contributed by atoms with van der Waals surface area (Å²) < 4.78 is 0. The van der Waals surface area contributed by atoms with Gasteiger partial charge in [0, 0.05) is 24.7 Å². The highest BCUT2D eigenvalue weighted by atomic mass is 32.2. The minimum absolute atomic E-state index is 0.195. The van der Waals surface area contributed by atoms with Gasteiger partial charge in [-0.25, -0.2) is 0 Å². The number of likely N-dealkylation sites (tertiary alicyclic amines) is 1. The van der Waals surface area contributed by atoms with Crippen LogP contribution in [0.3, 0.4) is 0 Å². The van der Waals surface area contributed by atoms with Gasteiger partial charge in [0.05, 0.1) is 4.92 Å². The summed E-state index contributed by atoms with van der Waals surface area (Å²) in [6.07, 6.45) is 4.69. The van der Waals surface area contributed by atoms with Gasteiger partial charge in [0.15, 0.2) is 0 Å². The molecule has 0 radical (unpaired) electrons. The number of hydrogen-bond donors (Lipinski definition) is 0. The molecule has 1 aliphatic rings.